The number of fused-ring (bicyclic) bond motifs is 1. The summed E-state index contributed by atoms with van der Waals surface area (Å²) in [7, 11) is 0. The largest absolute Gasteiger partial charge is 0.485 e. The van der Waals surface area contributed by atoms with E-state index in [0.29, 0.717) is 32.2 Å². The molecule has 3 heterocycles. The summed E-state index contributed by atoms with van der Waals surface area (Å²) in [6.45, 7) is 5.09. The van der Waals surface area contributed by atoms with E-state index in [-0.39, 0.29) is 17.9 Å². The van der Waals surface area contributed by atoms with Gasteiger partial charge in [-0.1, -0.05) is 6.92 Å². The summed E-state index contributed by atoms with van der Waals surface area (Å²) in [5.41, 5.74) is 0. The lowest BCUT2D eigenvalue weighted by molar-refractivity contribution is -0.130. The highest BCUT2D eigenvalue weighted by Gasteiger charge is 2.29. The van der Waals surface area contributed by atoms with Gasteiger partial charge in [0.1, 0.15) is 19.1 Å². The van der Waals surface area contributed by atoms with Crippen LogP contribution < -0.4 is 9.47 Å². The molecule has 1 saturated heterocycles. The zero-order valence-electron chi connectivity index (χ0n) is 12.5. The Morgan fingerprint density at radius 2 is 2.23 bits per heavy atom. The number of hydrogen-bond donors (Lipinski definition) is 0. The lowest BCUT2D eigenvalue weighted by Gasteiger charge is -2.27. The maximum Gasteiger partial charge on any atom is 0.237 e. The van der Waals surface area contributed by atoms with Gasteiger partial charge in [-0.15, -0.1) is 22.9 Å². The fourth-order valence-corrected chi connectivity index (χ4v) is 3.83. The molecule has 5 nitrogen and oxygen atoms in total. The van der Waals surface area contributed by atoms with Crippen LogP contribution in [-0.4, -0.2) is 49.2 Å². The highest BCUT2D eigenvalue weighted by molar-refractivity contribution is 7.10. The van der Waals surface area contributed by atoms with Crippen molar-refractivity contribution in [2.45, 2.75) is 26.0 Å². The number of nitrogens with zero attached hydrogens (tertiary/aromatic N) is 1. The third-order valence-electron chi connectivity index (χ3n) is 4.11. The second-order valence-electron chi connectivity index (χ2n) is 5.63. The van der Waals surface area contributed by atoms with Gasteiger partial charge in [0, 0.05) is 18.5 Å². The van der Waals surface area contributed by atoms with Gasteiger partial charge in [-0.05, 0) is 12.3 Å². The van der Waals surface area contributed by atoms with E-state index in [1.54, 1.807) is 16.2 Å². The van der Waals surface area contributed by atoms with E-state index in [0.717, 1.165) is 29.4 Å². The van der Waals surface area contributed by atoms with Gasteiger partial charge in [-0.3, -0.25) is 4.79 Å². The Hall–Kier alpha value is -0.980. The summed E-state index contributed by atoms with van der Waals surface area (Å²) >= 11 is 7.32. The first-order chi connectivity index (χ1) is 10.7. The molecule has 0 bridgehead atoms. The molecule has 0 aliphatic carbocycles. The number of hydrogen-bond acceptors (Lipinski definition) is 5. The number of amides is 1. The molecule has 0 saturated carbocycles. The van der Waals surface area contributed by atoms with Crippen molar-refractivity contribution in [2.24, 2.45) is 5.92 Å². The van der Waals surface area contributed by atoms with Gasteiger partial charge < -0.3 is 19.1 Å². The SMILES string of the molecule is C[C@@H]1CCO[C@@H]1CN(Cc1scc2c1OCCO2)C(=O)CCl. The Bertz CT molecular complexity index is 536. The Morgan fingerprint density at radius 1 is 1.41 bits per heavy atom. The minimum absolute atomic E-state index is 0.0218. The summed E-state index contributed by atoms with van der Waals surface area (Å²) in [6.07, 6.45) is 1.12. The average Bonchev–Trinajstić information content (AvgIpc) is 3.13. The quantitative estimate of drug-likeness (QED) is 0.769. The molecule has 2 aliphatic rings. The van der Waals surface area contributed by atoms with E-state index >= 15 is 0 Å². The summed E-state index contributed by atoms with van der Waals surface area (Å²) in [5, 5.41) is 1.93. The normalized spacial score (nSPS) is 23.5. The summed E-state index contributed by atoms with van der Waals surface area (Å²) in [4.78, 5) is 14.9. The van der Waals surface area contributed by atoms with Crippen molar-refractivity contribution in [3.05, 3.63) is 10.3 Å². The van der Waals surface area contributed by atoms with Gasteiger partial charge in [0.25, 0.3) is 0 Å². The minimum Gasteiger partial charge on any atom is -0.485 e. The first-order valence-corrected chi connectivity index (χ1v) is 8.91. The van der Waals surface area contributed by atoms with Crippen LogP contribution in [0.15, 0.2) is 5.38 Å². The number of carbonyl (C=O) groups excluding carboxylic acids is 1. The van der Waals surface area contributed by atoms with E-state index in [1.807, 2.05) is 5.38 Å². The molecule has 0 unspecified atom stereocenters. The molecule has 1 aromatic rings. The molecule has 2 aliphatic heterocycles. The van der Waals surface area contributed by atoms with Crippen LogP contribution in [0.4, 0.5) is 0 Å². The molecule has 1 amide bonds. The van der Waals surface area contributed by atoms with Crippen molar-refractivity contribution in [3.8, 4) is 11.5 Å². The van der Waals surface area contributed by atoms with Crippen molar-refractivity contribution in [1.82, 2.24) is 4.90 Å². The number of halogens is 1. The van der Waals surface area contributed by atoms with Crippen molar-refractivity contribution >= 4 is 28.8 Å². The smallest absolute Gasteiger partial charge is 0.237 e. The predicted octanol–water partition coefficient (Wildman–Crippen LogP) is 2.51. The Morgan fingerprint density at radius 3 is 2.95 bits per heavy atom. The second kappa shape index (κ2) is 7.06. The van der Waals surface area contributed by atoms with Crippen LogP contribution in [0.25, 0.3) is 0 Å². The Labute approximate surface area is 139 Å². The molecule has 1 aromatic heterocycles. The topological polar surface area (TPSA) is 48.0 Å². The lowest BCUT2D eigenvalue weighted by Crippen LogP contribution is -2.39. The predicted molar refractivity (Wildman–Crippen MR) is 85.0 cm³/mol. The van der Waals surface area contributed by atoms with Crippen LogP contribution >= 0.6 is 22.9 Å². The van der Waals surface area contributed by atoms with Crippen molar-refractivity contribution in [1.29, 1.82) is 0 Å². The fraction of sp³-hybridized carbons (Fsp3) is 0.667. The molecule has 2 atom stereocenters. The average molecular weight is 346 g/mol. The minimum atomic E-state index is -0.0803. The van der Waals surface area contributed by atoms with Gasteiger partial charge in [0.15, 0.2) is 11.5 Å². The first kappa shape index (κ1) is 15.9. The van der Waals surface area contributed by atoms with E-state index in [1.165, 1.54) is 0 Å². The standard InChI is InChI=1S/C15H20ClNO4S/c1-10-2-3-19-11(10)7-17(14(18)6-16)8-13-15-12(9-22-13)20-4-5-21-15/h9-11H,2-8H2,1H3/t10-,11-/m1/s1. The monoisotopic (exact) mass is 345 g/mol. The number of carbonyl (C=O) groups is 1. The first-order valence-electron chi connectivity index (χ1n) is 7.50. The molecule has 0 aromatic carbocycles. The molecular formula is C15H20ClNO4S. The highest BCUT2D eigenvalue weighted by Crippen LogP contribution is 2.40. The molecular weight excluding hydrogens is 326 g/mol. The third kappa shape index (κ3) is 3.34. The van der Waals surface area contributed by atoms with Gasteiger partial charge in [-0.2, -0.15) is 0 Å². The lowest BCUT2D eigenvalue weighted by atomic mass is 10.0. The van der Waals surface area contributed by atoms with Gasteiger partial charge in [0.05, 0.1) is 17.5 Å². The van der Waals surface area contributed by atoms with Crippen LogP contribution in [0.3, 0.4) is 0 Å². The maximum atomic E-state index is 12.2. The fourth-order valence-electron chi connectivity index (χ4n) is 2.74. The molecule has 0 radical (unpaired) electrons. The Kier molecular flexibility index (Phi) is 5.10. The summed E-state index contributed by atoms with van der Waals surface area (Å²) in [6, 6.07) is 0. The van der Waals surface area contributed by atoms with E-state index in [2.05, 4.69) is 6.92 Å². The maximum absolute atomic E-state index is 12.2. The molecule has 1 fully saturated rings. The third-order valence-corrected chi connectivity index (χ3v) is 5.27. The van der Waals surface area contributed by atoms with E-state index in [4.69, 9.17) is 25.8 Å². The number of ether oxygens (including phenoxy) is 3. The van der Waals surface area contributed by atoms with Gasteiger partial charge in [0.2, 0.25) is 5.91 Å². The van der Waals surface area contributed by atoms with Gasteiger partial charge >= 0.3 is 0 Å². The van der Waals surface area contributed by atoms with Gasteiger partial charge in [-0.25, -0.2) is 0 Å². The van der Waals surface area contributed by atoms with E-state index < -0.39 is 0 Å². The van der Waals surface area contributed by atoms with Crippen LogP contribution in [0.5, 0.6) is 11.5 Å². The van der Waals surface area contributed by atoms with Crippen molar-refractivity contribution in [2.75, 3.05) is 32.2 Å². The van der Waals surface area contributed by atoms with Crippen LogP contribution in [0.1, 0.15) is 18.2 Å². The molecule has 122 valence electrons. The summed E-state index contributed by atoms with van der Waals surface area (Å²) < 4.78 is 17.0. The molecule has 22 heavy (non-hydrogen) atoms. The van der Waals surface area contributed by atoms with Crippen molar-refractivity contribution < 1.29 is 19.0 Å². The molecule has 0 N–H and O–H groups in total. The molecule has 3 rings (SSSR count). The molecule has 0 spiro atoms. The zero-order valence-corrected chi connectivity index (χ0v) is 14.1. The van der Waals surface area contributed by atoms with Crippen LogP contribution in [0.2, 0.25) is 0 Å². The highest BCUT2D eigenvalue weighted by atomic mass is 35.5. The number of alkyl halides is 1. The second-order valence-corrected chi connectivity index (χ2v) is 6.86. The van der Waals surface area contributed by atoms with Crippen LogP contribution in [-0.2, 0) is 16.1 Å². The Balaban J connectivity index is 1.72. The molecule has 7 heteroatoms. The van der Waals surface area contributed by atoms with E-state index in [9.17, 15) is 4.79 Å². The number of rotatable bonds is 5. The zero-order chi connectivity index (χ0) is 15.5. The van der Waals surface area contributed by atoms with Crippen molar-refractivity contribution in [3.63, 3.8) is 0 Å². The number of thiophene rings is 1. The van der Waals surface area contributed by atoms with Crippen LogP contribution in [0, 0.1) is 5.92 Å². The summed E-state index contributed by atoms with van der Waals surface area (Å²) in [5.74, 6) is 1.90.